The Kier molecular flexibility index (Phi) is 36.1. The number of halogens is 1. The lowest BCUT2D eigenvalue weighted by molar-refractivity contribution is -0.386. The van der Waals surface area contributed by atoms with Gasteiger partial charge in [0.1, 0.15) is 0 Å². The van der Waals surface area contributed by atoms with Crippen LogP contribution in [0.2, 0.25) is 0 Å². The van der Waals surface area contributed by atoms with Crippen molar-refractivity contribution in [1.29, 1.82) is 0 Å². The molecule has 0 radical (unpaired) electrons. The van der Waals surface area contributed by atoms with Crippen molar-refractivity contribution in [2.75, 3.05) is 88.4 Å². The van der Waals surface area contributed by atoms with Crippen LogP contribution in [0.15, 0.2) is 72.8 Å². The normalized spacial score (nSPS) is 10.6. The minimum absolute atomic E-state index is 0.0118. The maximum atomic E-state index is 11.4. The van der Waals surface area contributed by atoms with Crippen molar-refractivity contribution in [2.24, 2.45) is 0 Å². The molecule has 32 heteroatoms. The van der Waals surface area contributed by atoms with Crippen LogP contribution < -0.4 is 42.6 Å². The van der Waals surface area contributed by atoms with E-state index in [1.165, 1.54) is 99.6 Å². The lowest BCUT2D eigenvalue weighted by Crippen LogP contribution is -2.15. The molecule has 0 saturated carbocycles. The van der Waals surface area contributed by atoms with Gasteiger partial charge in [0.25, 0.3) is 17.1 Å². The first-order valence-corrected chi connectivity index (χ1v) is 28.0. The molecule has 5 aromatic carbocycles. The zero-order valence-electron chi connectivity index (χ0n) is 53.5. The van der Waals surface area contributed by atoms with Gasteiger partial charge in [-0.25, -0.2) is 19.2 Å². The first kappa shape index (κ1) is 80.5. The number of esters is 4. The van der Waals surface area contributed by atoms with Gasteiger partial charge in [0.05, 0.1) is 123 Å². The quantitative estimate of drug-likeness (QED) is 0.0112. The van der Waals surface area contributed by atoms with Crippen molar-refractivity contribution >= 4 is 69.9 Å². The third-order valence-electron chi connectivity index (χ3n) is 11.5. The highest BCUT2D eigenvalue weighted by Crippen LogP contribution is 2.40. The van der Waals surface area contributed by atoms with E-state index in [-0.39, 0.29) is 107 Å². The Hall–Kier alpha value is -10.6. The number of phenolic OH excluding ortho intramolecular Hbond substituents is 1. The van der Waals surface area contributed by atoms with Crippen molar-refractivity contribution in [3.63, 3.8) is 0 Å². The second kappa shape index (κ2) is 41.7. The number of methoxy groups -OCH3 is 5. The summed E-state index contributed by atoms with van der Waals surface area (Å²) in [4.78, 5) is 110. The maximum Gasteiger partial charge on any atom is 0.344 e. The fourth-order valence-electron chi connectivity index (χ4n) is 7.16. The molecule has 0 bridgehead atoms. The predicted molar refractivity (Wildman–Crippen MR) is 330 cm³/mol. The van der Waals surface area contributed by atoms with E-state index in [0.29, 0.717) is 40.5 Å². The SMILES string of the molecule is CCOC(=O)COc1cc([N+](=O)[O-])c(C(C)=O)cc1OC.CCOC(=O)COc1cc([N+](=O)[O-])c(C(C)Cl)cc1OC.CCOC(=O)COc1cc([N+](=O)[O-])c(C(C)O)cc1OC.CCOC(=O)COc1ccc(C(C)=O)cc1OC.COc1cc(C(C)=O)ccc1O. The van der Waals surface area contributed by atoms with Gasteiger partial charge in [0.2, 0.25) is 0 Å². The summed E-state index contributed by atoms with van der Waals surface area (Å²) >= 11 is 5.93. The molecule has 5 aromatic rings. The highest BCUT2D eigenvalue weighted by molar-refractivity contribution is 6.21. The lowest BCUT2D eigenvalue weighted by Gasteiger charge is -2.13. The first-order chi connectivity index (χ1) is 43.9. The highest BCUT2D eigenvalue weighted by atomic mass is 35.5. The molecule has 2 unspecified atom stereocenters. The van der Waals surface area contributed by atoms with Crippen molar-refractivity contribution in [2.45, 2.75) is 73.8 Å². The van der Waals surface area contributed by atoms with E-state index in [4.69, 9.17) is 68.4 Å². The molecule has 0 aromatic heterocycles. The van der Waals surface area contributed by atoms with Crippen LogP contribution in [0.3, 0.4) is 0 Å². The fourth-order valence-corrected chi connectivity index (χ4v) is 7.33. The average Bonchev–Trinajstić information content (AvgIpc) is 1.35. The number of carbonyl (C=O) groups is 7. The van der Waals surface area contributed by atoms with E-state index in [9.17, 15) is 74.1 Å². The molecule has 5 rings (SSSR count). The lowest BCUT2D eigenvalue weighted by atomic mass is 10.1. The van der Waals surface area contributed by atoms with Gasteiger partial charge in [-0.3, -0.25) is 44.7 Å². The van der Waals surface area contributed by atoms with Crippen LogP contribution in [0, 0.1) is 30.3 Å². The number of phenols is 1. The Balaban J connectivity index is 0.000000587. The monoisotopic (exact) mass is 1330 g/mol. The largest absolute Gasteiger partial charge is 0.504 e. The Morgan fingerprint density at radius 1 is 0.430 bits per heavy atom. The van der Waals surface area contributed by atoms with Crippen LogP contribution in [0.1, 0.15) is 116 Å². The third kappa shape index (κ3) is 27.2. The zero-order valence-corrected chi connectivity index (χ0v) is 54.2. The number of hydrogen-bond donors (Lipinski definition) is 2. The van der Waals surface area contributed by atoms with Crippen LogP contribution in [0.4, 0.5) is 17.1 Å². The summed E-state index contributed by atoms with van der Waals surface area (Å²) in [5, 5.41) is 51.3. The van der Waals surface area contributed by atoms with Crippen LogP contribution in [0.5, 0.6) is 57.5 Å². The van der Waals surface area contributed by atoms with Gasteiger partial charge in [0, 0.05) is 17.2 Å². The number of ether oxygens (including phenoxy) is 13. The van der Waals surface area contributed by atoms with Gasteiger partial charge in [-0.15, -0.1) is 11.6 Å². The Morgan fingerprint density at radius 3 is 1.06 bits per heavy atom. The number of nitro groups is 3. The van der Waals surface area contributed by atoms with E-state index in [1.807, 2.05) is 0 Å². The minimum Gasteiger partial charge on any atom is -0.504 e. The topological polar surface area (TPSA) is 409 Å². The molecular weight excluding hydrogens is 1260 g/mol. The number of alkyl halides is 1. The van der Waals surface area contributed by atoms with E-state index in [2.05, 4.69) is 4.74 Å². The van der Waals surface area contributed by atoms with Crippen molar-refractivity contribution in [3.05, 3.63) is 131 Å². The molecule has 0 fully saturated rings. The molecule has 0 amide bonds. The molecule has 31 nitrogen and oxygen atoms in total. The number of Topliss-reactive ketones (excluding diaryl/α,β-unsaturated/α-hetero) is 3. The molecule has 93 heavy (non-hydrogen) atoms. The van der Waals surface area contributed by atoms with Gasteiger partial charge < -0.3 is 71.8 Å². The minimum atomic E-state index is -1.04. The summed E-state index contributed by atoms with van der Waals surface area (Å²) in [6.45, 7) is 13.4. The molecule has 0 saturated heterocycles. The molecule has 0 heterocycles. The summed E-state index contributed by atoms with van der Waals surface area (Å²) in [5.74, 6) is -0.986. The molecule has 0 aliphatic rings. The Bertz CT molecular complexity index is 3290. The van der Waals surface area contributed by atoms with Crippen LogP contribution in [-0.2, 0) is 38.1 Å². The first-order valence-electron chi connectivity index (χ1n) is 27.6. The maximum absolute atomic E-state index is 11.4. The number of ketones is 3. The molecule has 2 atom stereocenters. The smallest absolute Gasteiger partial charge is 0.344 e. The van der Waals surface area contributed by atoms with Gasteiger partial charge in [-0.05, 0) is 111 Å². The Labute approximate surface area is 538 Å². The fraction of sp³-hybridized carbons (Fsp3) is 0.393. The number of nitro benzene ring substituents is 3. The summed E-state index contributed by atoms with van der Waals surface area (Å²) in [6, 6.07) is 16.6. The third-order valence-corrected chi connectivity index (χ3v) is 11.8. The number of aliphatic hydroxyl groups is 1. The van der Waals surface area contributed by atoms with E-state index < -0.39 is 74.8 Å². The summed E-state index contributed by atoms with van der Waals surface area (Å²) in [5.41, 5.74) is 0.437. The molecule has 508 valence electrons. The summed E-state index contributed by atoms with van der Waals surface area (Å²) < 4.78 is 64.8. The summed E-state index contributed by atoms with van der Waals surface area (Å²) in [7, 11) is 6.98. The number of aliphatic hydroxyl groups excluding tert-OH is 1. The number of carbonyl (C=O) groups excluding carboxylic acids is 7. The van der Waals surface area contributed by atoms with E-state index >= 15 is 0 Å². The number of benzene rings is 5. The van der Waals surface area contributed by atoms with Crippen LogP contribution >= 0.6 is 11.6 Å². The molecule has 2 N–H and O–H groups in total. The summed E-state index contributed by atoms with van der Waals surface area (Å²) in [6.07, 6.45) is -1.04. The van der Waals surface area contributed by atoms with Gasteiger partial charge in [-0.1, -0.05) is 0 Å². The standard InChI is InChI=1S/C13H16ClNO6.C13H17NO7.C13H15NO7.C13H16O5.C9H10O3/c1-4-20-13(16)7-21-12-6-10(15(17)18)9(8(2)14)5-11(12)19-3;2*1-4-20-13(16)7-21-12-6-10(14(17)18)9(8(2)15)5-11(12)19-3;1-4-17-13(15)8-18-11-6-5-10(9(2)14)7-12(11)16-3;1-6(10)7-3-4-8(11)9(5-7)12-2/h5-6,8H,4,7H2,1-3H3;5-6,8,15H,4,7H2,1-3H3;5-6H,4,7H2,1-3H3;5-7H,4,8H2,1-3H3;3-5,11H,1-2H3. The number of nitrogens with zero attached hydrogens (tertiary/aromatic N) is 3. The van der Waals surface area contributed by atoms with Crippen LogP contribution in [0.25, 0.3) is 0 Å². The molecule has 0 aliphatic carbocycles. The number of rotatable bonds is 29. The van der Waals surface area contributed by atoms with E-state index in [0.717, 1.165) is 12.1 Å². The number of hydrogen-bond acceptors (Lipinski definition) is 28. The molecular formula is C61H74ClN3O28. The Morgan fingerprint density at radius 2 is 0.742 bits per heavy atom. The van der Waals surface area contributed by atoms with Gasteiger partial charge >= 0.3 is 23.9 Å². The molecule has 0 aliphatic heterocycles. The molecule has 0 spiro atoms. The average molecular weight is 1330 g/mol. The van der Waals surface area contributed by atoms with Gasteiger partial charge in [-0.2, -0.15) is 0 Å². The second-order valence-electron chi connectivity index (χ2n) is 18.0. The van der Waals surface area contributed by atoms with Gasteiger partial charge in [0.15, 0.2) is 101 Å². The van der Waals surface area contributed by atoms with Crippen molar-refractivity contribution < 1.29 is 120 Å². The van der Waals surface area contributed by atoms with E-state index in [1.54, 1.807) is 58.9 Å². The van der Waals surface area contributed by atoms with Crippen molar-refractivity contribution in [3.8, 4) is 57.5 Å². The zero-order chi connectivity index (χ0) is 70.7. The predicted octanol–water partition coefficient (Wildman–Crippen LogP) is 9.63. The van der Waals surface area contributed by atoms with Crippen molar-refractivity contribution in [1.82, 2.24) is 0 Å². The highest BCUT2D eigenvalue weighted by Gasteiger charge is 2.26. The van der Waals surface area contributed by atoms with Crippen LogP contribution in [-0.4, -0.2) is 155 Å². The number of aromatic hydroxyl groups is 1. The second-order valence-corrected chi connectivity index (χ2v) is 18.7.